The van der Waals surface area contributed by atoms with Gasteiger partial charge in [-0.1, -0.05) is 18.2 Å². The highest BCUT2D eigenvalue weighted by Gasteiger charge is 2.04. The van der Waals surface area contributed by atoms with Crippen molar-refractivity contribution in [3.63, 3.8) is 0 Å². The fourth-order valence-electron chi connectivity index (χ4n) is 1.97. The van der Waals surface area contributed by atoms with Crippen molar-refractivity contribution in [1.29, 1.82) is 0 Å². The second kappa shape index (κ2) is 8.02. The Kier molecular flexibility index (Phi) is 5.76. The van der Waals surface area contributed by atoms with Gasteiger partial charge in [0, 0.05) is 19.2 Å². The summed E-state index contributed by atoms with van der Waals surface area (Å²) in [5.74, 6) is 2.43. The quantitative estimate of drug-likeness (QED) is 0.617. The van der Waals surface area contributed by atoms with Crippen molar-refractivity contribution in [2.24, 2.45) is 12.0 Å². The van der Waals surface area contributed by atoms with Gasteiger partial charge in [0.15, 0.2) is 11.8 Å². The van der Waals surface area contributed by atoms with Crippen molar-refractivity contribution in [1.82, 2.24) is 25.4 Å². The number of hydrogen-bond donors (Lipinski definition) is 2. The summed E-state index contributed by atoms with van der Waals surface area (Å²) in [6.07, 6.45) is 1.68. The number of para-hydroxylation sites is 1. The number of nitrogens with one attached hydrogen (secondary N) is 2. The molecule has 1 aromatic carbocycles. The van der Waals surface area contributed by atoms with E-state index in [0.29, 0.717) is 13.1 Å². The second-order valence-electron chi connectivity index (χ2n) is 4.72. The first-order chi connectivity index (χ1) is 10.7. The zero-order valence-corrected chi connectivity index (χ0v) is 13.2. The Morgan fingerprint density at radius 1 is 1.32 bits per heavy atom. The number of methoxy groups -OCH3 is 1. The van der Waals surface area contributed by atoms with Crippen molar-refractivity contribution in [2.75, 3.05) is 13.7 Å². The van der Waals surface area contributed by atoms with Crippen LogP contribution >= 0.6 is 0 Å². The third kappa shape index (κ3) is 4.21. The van der Waals surface area contributed by atoms with E-state index in [1.165, 1.54) is 0 Å². The third-order valence-corrected chi connectivity index (χ3v) is 3.16. The van der Waals surface area contributed by atoms with Crippen molar-refractivity contribution >= 4 is 5.96 Å². The average Bonchev–Trinajstić information content (AvgIpc) is 2.95. The summed E-state index contributed by atoms with van der Waals surface area (Å²) in [4.78, 5) is 4.58. The lowest BCUT2D eigenvalue weighted by atomic mass is 10.2. The molecule has 0 bridgehead atoms. The predicted octanol–water partition coefficient (Wildman–Crippen LogP) is 1.08. The van der Waals surface area contributed by atoms with Gasteiger partial charge in [0.05, 0.1) is 20.2 Å². The van der Waals surface area contributed by atoms with Gasteiger partial charge in [-0.15, -0.1) is 10.2 Å². The molecule has 0 saturated heterocycles. The highest BCUT2D eigenvalue weighted by Crippen LogP contribution is 2.17. The molecule has 0 unspecified atom stereocenters. The summed E-state index contributed by atoms with van der Waals surface area (Å²) in [6.45, 7) is 3.92. The van der Waals surface area contributed by atoms with Gasteiger partial charge in [-0.3, -0.25) is 0 Å². The molecule has 7 heteroatoms. The molecular weight excluding hydrogens is 280 g/mol. The molecule has 0 fully saturated rings. The predicted molar refractivity (Wildman–Crippen MR) is 85.7 cm³/mol. The largest absolute Gasteiger partial charge is 0.496 e. The van der Waals surface area contributed by atoms with Crippen LogP contribution in [0.4, 0.5) is 0 Å². The molecule has 22 heavy (non-hydrogen) atoms. The van der Waals surface area contributed by atoms with Crippen molar-refractivity contribution in [3.8, 4) is 5.75 Å². The van der Waals surface area contributed by atoms with Gasteiger partial charge in [-0.2, -0.15) is 0 Å². The third-order valence-electron chi connectivity index (χ3n) is 3.16. The van der Waals surface area contributed by atoms with E-state index in [9.17, 15) is 0 Å². The van der Waals surface area contributed by atoms with E-state index >= 15 is 0 Å². The number of rotatable bonds is 6. The summed E-state index contributed by atoms with van der Waals surface area (Å²) < 4.78 is 7.21. The van der Waals surface area contributed by atoms with Crippen LogP contribution in [0.2, 0.25) is 0 Å². The van der Waals surface area contributed by atoms with E-state index in [4.69, 9.17) is 4.74 Å². The molecule has 2 aromatic rings. The Morgan fingerprint density at radius 3 is 2.82 bits per heavy atom. The Morgan fingerprint density at radius 2 is 2.14 bits per heavy atom. The number of nitrogens with zero attached hydrogens (tertiary/aromatic N) is 4. The summed E-state index contributed by atoms with van der Waals surface area (Å²) in [7, 11) is 3.58. The minimum atomic E-state index is 0.540. The summed E-state index contributed by atoms with van der Waals surface area (Å²) in [5.41, 5.74) is 1.04. The van der Waals surface area contributed by atoms with Crippen molar-refractivity contribution < 1.29 is 4.74 Å². The molecule has 1 aromatic heterocycles. The van der Waals surface area contributed by atoms with Gasteiger partial charge in [-0.25, -0.2) is 4.99 Å². The monoisotopic (exact) mass is 302 g/mol. The number of aromatic nitrogens is 3. The molecule has 0 spiro atoms. The smallest absolute Gasteiger partial charge is 0.191 e. The number of hydrogen-bond acceptors (Lipinski definition) is 4. The molecule has 0 saturated carbocycles. The molecular formula is C15H22N6O. The van der Waals surface area contributed by atoms with E-state index in [1.807, 2.05) is 42.8 Å². The van der Waals surface area contributed by atoms with Crippen LogP contribution in [0.1, 0.15) is 18.3 Å². The van der Waals surface area contributed by atoms with Crippen LogP contribution in [0.3, 0.4) is 0 Å². The lowest BCUT2D eigenvalue weighted by Crippen LogP contribution is -2.37. The van der Waals surface area contributed by atoms with E-state index in [2.05, 4.69) is 25.8 Å². The number of ether oxygens (including phenoxy) is 1. The molecule has 1 heterocycles. The molecule has 118 valence electrons. The second-order valence-corrected chi connectivity index (χ2v) is 4.72. The molecule has 0 aliphatic carbocycles. The Balaban J connectivity index is 2.02. The number of benzene rings is 1. The molecule has 0 aliphatic heterocycles. The summed E-state index contributed by atoms with van der Waals surface area (Å²) >= 11 is 0. The van der Waals surface area contributed by atoms with Gasteiger partial charge in [0.1, 0.15) is 12.1 Å². The first kappa shape index (κ1) is 15.8. The first-order valence-corrected chi connectivity index (χ1v) is 7.21. The Hall–Kier alpha value is -2.57. The lowest BCUT2D eigenvalue weighted by molar-refractivity contribution is 0.410. The zero-order chi connectivity index (χ0) is 15.8. The molecule has 0 atom stereocenters. The van der Waals surface area contributed by atoms with Gasteiger partial charge < -0.3 is 19.9 Å². The number of aliphatic imine (C=N–C) groups is 1. The standard InChI is InChI=1S/C15H22N6O/c1-4-16-15(18-10-14-20-19-11-21(14)2)17-9-12-7-5-6-8-13(12)22-3/h5-8,11H,4,9-10H2,1-3H3,(H2,16,17,18). The number of aryl methyl sites for hydroxylation is 1. The average molecular weight is 302 g/mol. The van der Waals surface area contributed by atoms with Crippen LogP contribution in [0.15, 0.2) is 35.6 Å². The van der Waals surface area contributed by atoms with E-state index in [0.717, 1.165) is 29.6 Å². The van der Waals surface area contributed by atoms with Crippen LogP contribution in [-0.2, 0) is 20.1 Å². The molecule has 0 aliphatic rings. The van der Waals surface area contributed by atoms with Gasteiger partial charge >= 0.3 is 0 Å². The van der Waals surface area contributed by atoms with Crippen LogP contribution in [0.25, 0.3) is 0 Å². The van der Waals surface area contributed by atoms with E-state index in [1.54, 1.807) is 13.4 Å². The minimum absolute atomic E-state index is 0.540. The van der Waals surface area contributed by atoms with Crippen molar-refractivity contribution in [3.05, 3.63) is 42.0 Å². The zero-order valence-electron chi connectivity index (χ0n) is 13.2. The fourth-order valence-corrected chi connectivity index (χ4v) is 1.97. The van der Waals surface area contributed by atoms with Crippen molar-refractivity contribution in [2.45, 2.75) is 20.0 Å². The van der Waals surface area contributed by atoms with Crippen LogP contribution in [0, 0.1) is 0 Å². The molecule has 0 radical (unpaired) electrons. The van der Waals surface area contributed by atoms with Gasteiger partial charge in [-0.05, 0) is 13.0 Å². The summed E-state index contributed by atoms with van der Waals surface area (Å²) in [6, 6.07) is 7.87. The van der Waals surface area contributed by atoms with E-state index < -0.39 is 0 Å². The number of guanidine groups is 1. The maximum absolute atomic E-state index is 5.34. The summed E-state index contributed by atoms with van der Waals surface area (Å²) in [5, 5.41) is 14.4. The fraction of sp³-hybridized carbons (Fsp3) is 0.400. The maximum atomic E-state index is 5.34. The Bertz CT molecular complexity index is 622. The van der Waals surface area contributed by atoms with Crippen LogP contribution < -0.4 is 15.4 Å². The molecule has 2 N–H and O–H groups in total. The van der Waals surface area contributed by atoms with Gasteiger partial charge in [0.2, 0.25) is 0 Å². The highest BCUT2D eigenvalue weighted by molar-refractivity contribution is 5.79. The first-order valence-electron chi connectivity index (χ1n) is 7.21. The van der Waals surface area contributed by atoms with Gasteiger partial charge in [0.25, 0.3) is 0 Å². The molecule has 7 nitrogen and oxygen atoms in total. The van der Waals surface area contributed by atoms with Crippen LogP contribution in [-0.4, -0.2) is 34.4 Å². The maximum Gasteiger partial charge on any atom is 0.191 e. The Labute approximate surface area is 130 Å². The lowest BCUT2D eigenvalue weighted by Gasteiger charge is -2.11. The van der Waals surface area contributed by atoms with Crippen LogP contribution in [0.5, 0.6) is 5.75 Å². The highest BCUT2D eigenvalue weighted by atomic mass is 16.5. The SMILES string of the molecule is CCNC(=NCc1ccccc1OC)NCc1nncn1C. The molecule has 0 amide bonds. The normalized spacial score (nSPS) is 11.3. The van der Waals surface area contributed by atoms with E-state index in [-0.39, 0.29) is 0 Å². The minimum Gasteiger partial charge on any atom is -0.496 e. The topological polar surface area (TPSA) is 76.4 Å². The molecule has 2 rings (SSSR count).